The van der Waals surface area contributed by atoms with Crippen LogP contribution in [0.15, 0.2) is 6.20 Å². The maximum atomic E-state index is 10.9. The van der Waals surface area contributed by atoms with Crippen molar-refractivity contribution in [3.05, 3.63) is 11.9 Å². The Hall–Kier alpha value is -1.67. The highest BCUT2D eigenvalue weighted by Gasteiger charge is 2.22. The van der Waals surface area contributed by atoms with Crippen molar-refractivity contribution < 1.29 is 15.0 Å². The van der Waals surface area contributed by atoms with Crippen LogP contribution in [0.4, 0.5) is 4.79 Å². The van der Waals surface area contributed by atoms with E-state index in [2.05, 4.69) is 15.6 Å². The number of rotatable bonds is 4. The third kappa shape index (κ3) is 3.17. The van der Waals surface area contributed by atoms with Crippen LogP contribution in [0.1, 0.15) is 12.1 Å². The van der Waals surface area contributed by atoms with E-state index in [0.717, 1.165) is 6.42 Å². The van der Waals surface area contributed by atoms with E-state index in [1.165, 1.54) is 4.90 Å². The lowest BCUT2D eigenvalue weighted by Gasteiger charge is -2.31. The summed E-state index contributed by atoms with van der Waals surface area (Å²) >= 11 is 0. The molecule has 1 aliphatic heterocycles. The first kappa shape index (κ1) is 12.8. The van der Waals surface area contributed by atoms with Crippen LogP contribution < -0.4 is 5.32 Å². The minimum atomic E-state index is -0.871. The van der Waals surface area contributed by atoms with E-state index in [0.29, 0.717) is 31.9 Å². The smallest absolute Gasteiger partial charge is 0.407 e. The minimum absolute atomic E-state index is 0.117. The van der Waals surface area contributed by atoms with Crippen LogP contribution >= 0.6 is 0 Å². The van der Waals surface area contributed by atoms with Crippen LogP contribution in [0.3, 0.4) is 0 Å². The molecule has 3 N–H and O–H groups in total. The van der Waals surface area contributed by atoms with Gasteiger partial charge < -0.3 is 20.4 Å². The molecule has 1 amide bonds. The molecule has 0 unspecified atom stereocenters. The van der Waals surface area contributed by atoms with Crippen LogP contribution in [-0.2, 0) is 13.2 Å². The lowest BCUT2D eigenvalue weighted by Crippen LogP contribution is -2.52. The highest BCUT2D eigenvalue weighted by Crippen LogP contribution is 2.05. The molecule has 0 radical (unpaired) electrons. The predicted molar refractivity (Wildman–Crippen MR) is 62.0 cm³/mol. The van der Waals surface area contributed by atoms with Crippen molar-refractivity contribution in [1.29, 1.82) is 0 Å². The van der Waals surface area contributed by atoms with Crippen molar-refractivity contribution in [2.75, 3.05) is 19.6 Å². The van der Waals surface area contributed by atoms with E-state index in [9.17, 15) is 4.79 Å². The molecule has 0 aliphatic carbocycles. The maximum absolute atomic E-state index is 10.9. The van der Waals surface area contributed by atoms with Gasteiger partial charge in [0.25, 0.3) is 0 Å². The minimum Gasteiger partial charge on any atom is -0.465 e. The van der Waals surface area contributed by atoms with Gasteiger partial charge in [0.05, 0.1) is 12.8 Å². The van der Waals surface area contributed by atoms with Crippen molar-refractivity contribution in [3.63, 3.8) is 0 Å². The van der Waals surface area contributed by atoms with Gasteiger partial charge in [-0.05, 0) is 6.42 Å². The largest absolute Gasteiger partial charge is 0.465 e. The molecule has 0 bridgehead atoms. The van der Waals surface area contributed by atoms with E-state index >= 15 is 0 Å². The summed E-state index contributed by atoms with van der Waals surface area (Å²) in [6.45, 7) is 2.24. The number of aliphatic hydroxyl groups is 1. The summed E-state index contributed by atoms with van der Waals surface area (Å²) in [6.07, 6.45) is 1.60. The summed E-state index contributed by atoms with van der Waals surface area (Å²) < 4.78 is 1.66. The number of piperazine rings is 1. The van der Waals surface area contributed by atoms with Gasteiger partial charge in [0.2, 0.25) is 0 Å². The molecule has 8 nitrogen and oxygen atoms in total. The fourth-order valence-electron chi connectivity index (χ4n) is 2.00. The Kier molecular flexibility index (Phi) is 4.11. The number of nitrogens with zero attached hydrogens (tertiary/aromatic N) is 4. The van der Waals surface area contributed by atoms with E-state index in [-0.39, 0.29) is 12.6 Å². The first-order valence-electron chi connectivity index (χ1n) is 5.90. The average molecular weight is 255 g/mol. The summed E-state index contributed by atoms with van der Waals surface area (Å²) in [4.78, 5) is 12.3. The Balaban J connectivity index is 1.80. The van der Waals surface area contributed by atoms with Gasteiger partial charge in [-0.3, -0.25) is 4.68 Å². The molecule has 1 aromatic rings. The molecule has 2 heterocycles. The number of amides is 1. The van der Waals surface area contributed by atoms with Gasteiger partial charge in [-0.1, -0.05) is 5.21 Å². The summed E-state index contributed by atoms with van der Waals surface area (Å²) in [5.74, 6) is 0. The summed E-state index contributed by atoms with van der Waals surface area (Å²) in [6, 6.07) is 0.136. The van der Waals surface area contributed by atoms with Gasteiger partial charge in [-0.25, -0.2) is 4.79 Å². The fraction of sp³-hybridized carbons (Fsp3) is 0.700. The van der Waals surface area contributed by atoms with Crippen molar-refractivity contribution in [2.45, 2.75) is 25.6 Å². The monoisotopic (exact) mass is 255 g/mol. The number of hydrogen-bond acceptors (Lipinski definition) is 5. The molecule has 1 atom stereocenters. The lowest BCUT2D eigenvalue weighted by atomic mass is 10.1. The Morgan fingerprint density at radius 3 is 3.11 bits per heavy atom. The molecule has 0 aromatic carbocycles. The highest BCUT2D eigenvalue weighted by atomic mass is 16.4. The number of aryl methyl sites for hydroxylation is 1. The third-order valence-electron chi connectivity index (χ3n) is 2.98. The zero-order valence-corrected chi connectivity index (χ0v) is 9.99. The second-order valence-electron chi connectivity index (χ2n) is 4.30. The lowest BCUT2D eigenvalue weighted by molar-refractivity contribution is 0.126. The summed E-state index contributed by atoms with van der Waals surface area (Å²) in [5.41, 5.74) is 0.541. The Morgan fingerprint density at radius 2 is 2.44 bits per heavy atom. The second-order valence-corrected chi connectivity index (χ2v) is 4.30. The molecule has 1 aliphatic rings. The summed E-state index contributed by atoms with van der Waals surface area (Å²) in [7, 11) is 0. The van der Waals surface area contributed by atoms with Crippen molar-refractivity contribution in [2.24, 2.45) is 0 Å². The fourth-order valence-corrected chi connectivity index (χ4v) is 2.00. The Bertz CT molecular complexity index is 408. The van der Waals surface area contributed by atoms with Gasteiger partial charge in [0.15, 0.2) is 0 Å². The van der Waals surface area contributed by atoms with Crippen LogP contribution in [0.2, 0.25) is 0 Å². The van der Waals surface area contributed by atoms with E-state index in [1.54, 1.807) is 10.9 Å². The molecule has 1 fully saturated rings. The zero-order valence-electron chi connectivity index (χ0n) is 9.99. The molecule has 2 rings (SSSR count). The van der Waals surface area contributed by atoms with E-state index in [1.807, 2.05) is 0 Å². The molecule has 1 saturated heterocycles. The molecule has 8 heteroatoms. The van der Waals surface area contributed by atoms with Crippen LogP contribution in [0, 0.1) is 0 Å². The first-order valence-corrected chi connectivity index (χ1v) is 5.90. The second kappa shape index (κ2) is 5.78. The van der Waals surface area contributed by atoms with Gasteiger partial charge in [0.1, 0.15) is 5.69 Å². The SMILES string of the molecule is O=C(O)N1CCN[C@H](CCn2cc(CO)nn2)C1. The van der Waals surface area contributed by atoms with Gasteiger partial charge in [-0.15, -0.1) is 5.10 Å². The number of hydrogen-bond donors (Lipinski definition) is 3. The average Bonchev–Trinajstić information content (AvgIpc) is 2.84. The molecule has 100 valence electrons. The van der Waals surface area contributed by atoms with Crippen molar-refractivity contribution in [3.8, 4) is 0 Å². The molecule has 0 saturated carbocycles. The molecule has 18 heavy (non-hydrogen) atoms. The predicted octanol–water partition coefficient (Wildman–Crippen LogP) is -0.888. The van der Waals surface area contributed by atoms with Crippen LogP contribution in [0.5, 0.6) is 0 Å². The van der Waals surface area contributed by atoms with E-state index < -0.39 is 6.09 Å². The van der Waals surface area contributed by atoms with Gasteiger partial charge in [0, 0.05) is 32.2 Å². The Morgan fingerprint density at radius 1 is 1.61 bits per heavy atom. The van der Waals surface area contributed by atoms with Gasteiger partial charge in [-0.2, -0.15) is 0 Å². The number of aliphatic hydroxyl groups excluding tert-OH is 1. The number of aromatic nitrogens is 3. The molecular weight excluding hydrogens is 238 g/mol. The first-order chi connectivity index (χ1) is 8.69. The normalized spacial score (nSPS) is 20.1. The third-order valence-corrected chi connectivity index (χ3v) is 2.98. The van der Waals surface area contributed by atoms with E-state index in [4.69, 9.17) is 10.2 Å². The number of carboxylic acid groups (broad SMARTS) is 1. The standard InChI is InChI=1S/C10H17N5O3/c16-7-9-6-15(13-12-9)3-1-8-5-14(10(17)18)4-2-11-8/h6,8,11,16H,1-5,7H2,(H,17,18)/t8-/m1/s1. The van der Waals surface area contributed by atoms with Crippen molar-refractivity contribution >= 4 is 6.09 Å². The molecule has 0 spiro atoms. The Labute approximate surface area is 104 Å². The number of nitrogens with one attached hydrogen (secondary N) is 1. The quantitative estimate of drug-likeness (QED) is 0.645. The maximum Gasteiger partial charge on any atom is 0.407 e. The van der Waals surface area contributed by atoms with Crippen molar-refractivity contribution in [1.82, 2.24) is 25.2 Å². The summed E-state index contributed by atoms with van der Waals surface area (Å²) in [5, 5.41) is 28.7. The van der Waals surface area contributed by atoms with Crippen LogP contribution in [0.25, 0.3) is 0 Å². The zero-order chi connectivity index (χ0) is 13.0. The van der Waals surface area contributed by atoms with Crippen LogP contribution in [-0.4, -0.2) is 61.9 Å². The molecular formula is C10H17N5O3. The molecule has 1 aromatic heterocycles. The highest BCUT2D eigenvalue weighted by molar-refractivity contribution is 5.65. The van der Waals surface area contributed by atoms with Gasteiger partial charge >= 0.3 is 6.09 Å². The topological polar surface area (TPSA) is 104 Å². The number of carbonyl (C=O) groups is 1.